The van der Waals surface area contributed by atoms with Gasteiger partial charge in [-0.15, -0.1) is 0 Å². The Hall–Kier alpha value is -3.81. The van der Waals surface area contributed by atoms with Crippen LogP contribution in [0.25, 0.3) is 5.69 Å². The zero-order valence-corrected chi connectivity index (χ0v) is 19.0. The van der Waals surface area contributed by atoms with Gasteiger partial charge in [-0.2, -0.15) is 5.10 Å². The maximum atomic E-state index is 13.2. The number of esters is 1. The van der Waals surface area contributed by atoms with E-state index in [0.29, 0.717) is 25.1 Å². The van der Waals surface area contributed by atoms with Crippen LogP contribution in [-0.4, -0.2) is 53.4 Å². The maximum absolute atomic E-state index is 13.2. The fraction of sp³-hybridized carbons (Fsp3) is 0.320. The summed E-state index contributed by atoms with van der Waals surface area (Å²) in [6.07, 6.45) is 0.566. The second-order valence-electron chi connectivity index (χ2n) is 7.54. The van der Waals surface area contributed by atoms with Crippen LogP contribution in [0.1, 0.15) is 46.0 Å². The number of hydrogen-bond acceptors (Lipinski definition) is 6. The van der Waals surface area contributed by atoms with E-state index < -0.39 is 5.97 Å². The molecule has 3 aromatic rings. The Morgan fingerprint density at radius 3 is 2.30 bits per heavy atom. The fourth-order valence-electron chi connectivity index (χ4n) is 3.94. The molecule has 2 aromatic carbocycles. The Balaban J connectivity index is 1.65. The highest BCUT2D eigenvalue weighted by molar-refractivity contribution is 5.95. The molecular weight excluding hydrogens is 422 g/mol. The predicted molar refractivity (Wildman–Crippen MR) is 122 cm³/mol. The third kappa shape index (κ3) is 4.55. The monoisotopic (exact) mass is 449 g/mol. The molecule has 2 heterocycles. The molecule has 1 amide bonds. The number of amides is 1. The number of ether oxygens (including phenoxy) is 3. The van der Waals surface area contributed by atoms with Gasteiger partial charge in [0.15, 0.2) is 5.69 Å². The summed E-state index contributed by atoms with van der Waals surface area (Å²) in [6, 6.07) is 14.6. The van der Waals surface area contributed by atoms with Crippen LogP contribution < -0.4 is 9.47 Å². The highest BCUT2D eigenvalue weighted by Gasteiger charge is 2.31. The van der Waals surface area contributed by atoms with Crippen molar-refractivity contribution in [2.75, 3.05) is 26.9 Å². The summed E-state index contributed by atoms with van der Waals surface area (Å²) in [5, 5.41) is 4.58. The Kier molecular flexibility index (Phi) is 6.63. The van der Waals surface area contributed by atoms with Crippen LogP contribution >= 0.6 is 0 Å². The Morgan fingerprint density at radius 1 is 0.970 bits per heavy atom. The molecule has 0 saturated heterocycles. The first kappa shape index (κ1) is 22.4. The normalized spacial score (nSPS) is 12.8. The van der Waals surface area contributed by atoms with Crippen LogP contribution in [0.5, 0.6) is 11.5 Å². The highest BCUT2D eigenvalue weighted by atomic mass is 16.5. The molecule has 0 saturated carbocycles. The zero-order chi connectivity index (χ0) is 23.4. The highest BCUT2D eigenvalue weighted by Crippen LogP contribution is 2.28. The zero-order valence-electron chi connectivity index (χ0n) is 19.0. The van der Waals surface area contributed by atoms with E-state index in [9.17, 15) is 9.59 Å². The van der Waals surface area contributed by atoms with Crippen molar-refractivity contribution in [3.8, 4) is 17.2 Å². The number of carbonyl (C=O) groups excluding carboxylic acids is 2. The minimum Gasteiger partial charge on any atom is -0.497 e. The number of carbonyl (C=O) groups is 2. The van der Waals surface area contributed by atoms with Gasteiger partial charge in [0, 0.05) is 24.1 Å². The third-order valence-corrected chi connectivity index (χ3v) is 5.54. The van der Waals surface area contributed by atoms with Gasteiger partial charge in [-0.3, -0.25) is 4.79 Å². The number of fused-ring (bicyclic) bond motifs is 1. The van der Waals surface area contributed by atoms with Gasteiger partial charge in [0.1, 0.15) is 11.5 Å². The van der Waals surface area contributed by atoms with E-state index in [4.69, 9.17) is 14.2 Å². The molecule has 1 aromatic heterocycles. The average molecular weight is 450 g/mol. The molecule has 0 aliphatic carbocycles. The molecule has 1 aliphatic rings. The lowest BCUT2D eigenvalue weighted by molar-refractivity contribution is 0.0513. The van der Waals surface area contributed by atoms with Crippen molar-refractivity contribution in [1.29, 1.82) is 0 Å². The largest absolute Gasteiger partial charge is 0.497 e. The molecule has 1 aliphatic heterocycles. The van der Waals surface area contributed by atoms with Gasteiger partial charge < -0.3 is 19.1 Å². The summed E-state index contributed by atoms with van der Waals surface area (Å²) in [5.41, 5.74) is 3.25. The van der Waals surface area contributed by atoms with Crippen LogP contribution in [0.15, 0.2) is 48.5 Å². The first-order chi connectivity index (χ1) is 16.0. The van der Waals surface area contributed by atoms with Crippen molar-refractivity contribution >= 4 is 11.9 Å². The van der Waals surface area contributed by atoms with Crippen molar-refractivity contribution < 1.29 is 23.8 Å². The quantitative estimate of drug-likeness (QED) is 0.512. The van der Waals surface area contributed by atoms with Crippen LogP contribution in [0.4, 0.5) is 0 Å². The van der Waals surface area contributed by atoms with Gasteiger partial charge in [0.05, 0.1) is 38.2 Å². The van der Waals surface area contributed by atoms with Crippen LogP contribution in [-0.2, 0) is 17.7 Å². The number of benzene rings is 2. The second kappa shape index (κ2) is 9.77. The SMILES string of the molecule is CCOC(=O)c1nn(-c2ccc(OC)cc2)c2c1CN(C(=O)c1ccc(OCC)cc1)CC2. The molecule has 0 unspecified atom stereocenters. The van der Waals surface area contributed by atoms with E-state index >= 15 is 0 Å². The molecule has 0 atom stereocenters. The average Bonchev–Trinajstić information content (AvgIpc) is 3.23. The number of nitrogens with zero attached hydrogens (tertiary/aromatic N) is 3. The van der Waals surface area contributed by atoms with Crippen LogP contribution in [0.3, 0.4) is 0 Å². The van der Waals surface area contributed by atoms with Gasteiger partial charge in [-0.05, 0) is 62.4 Å². The Morgan fingerprint density at radius 2 is 1.67 bits per heavy atom. The third-order valence-electron chi connectivity index (χ3n) is 5.54. The van der Waals surface area contributed by atoms with Gasteiger partial charge in [0.25, 0.3) is 5.91 Å². The lowest BCUT2D eigenvalue weighted by Gasteiger charge is -2.28. The molecule has 8 nitrogen and oxygen atoms in total. The maximum Gasteiger partial charge on any atom is 0.359 e. The van der Waals surface area contributed by atoms with Crippen molar-refractivity contribution in [3.63, 3.8) is 0 Å². The van der Waals surface area contributed by atoms with Crippen molar-refractivity contribution in [1.82, 2.24) is 14.7 Å². The number of hydrogen-bond donors (Lipinski definition) is 0. The van der Waals surface area contributed by atoms with Crippen LogP contribution in [0, 0.1) is 0 Å². The second-order valence-corrected chi connectivity index (χ2v) is 7.54. The molecule has 8 heteroatoms. The minimum absolute atomic E-state index is 0.101. The summed E-state index contributed by atoms with van der Waals surface area (Å²) in [7, 11) is 1.61. The number of methoxy groups -OCH3 is 1. The summed E-state index contributed by atoms with van der Waals surface area (Å²) >= 11 is 0. The first-order valence-corrected chi connectivity index (χ1v) is 11.0. The minimum atomic E-state index is -0.489. The standard InChI is InChI=1S/C25H27N3O5/c1-4-32-20-10-6-17(7-11-20)24(29)27-15-14-22-21(16-27)23(25(30)33-5-2)26-28(22)18-8-12-19(31-3)13-9-18/h6-13H,4-5,14-16H2,1-3H3. The van der Waals surface area contributed by atoms with Crippen molar-refractivity contribution in [3.05, 3.63) is 71.0 Å². The van der Waals surface area contributed by atoms with Crippen molar-refractivity contribution in [2.24, 2.45) is 0 Å². The van der Waals surface area contributed by atoms with Gasteiger partial charge in [-0.25, -0.2) is 9.48 Å². The molecule has 0 bridgehead atoms. The van der Waals surface area contributed by atoms with E-state index in [1.165, 1.54) is 0 Å². The smallest absolute Gasteiger partial charge is 0.359 e. The van der Waals surface area contributed by atoms with E-state index in [1.54, 1.807) is 47.9 Å². The fourth-order valence-corrected chi connectivity index (χ4v) is 3.94. The molecular formula is C25H27N3O5. The predicted octanol–water partition coefficient (Wildman–Crippen LogP) is 3.65. The van der Waals surface area contributed by atoms with E-state index in [2.05, 4.69) is 5.10 Å². The summed E-state index contributed by atoms with van der Waals surface area (Å²) in [6.45, 7) is 5.29. The molecule has 33 heavy (non-hydrogen) atoms. The molecule has 0 fully saturated rings. The Labute approximate surface area is 192 Å². The summed E-state index contributed by atoms with van der Waals surface area (Å²) in [4.78, 5) is 27.6. The summed E-state index contributed by atoms with van der Waals surface area (Å²) < 4.78 is 17.7. The van der Waals surface area contributed by atoms with Gasteiger partial charge in [-0.1, -0.05) is 0 Å². The van der Waals surface area contributed by atoms with Gasteiger partial charge >= 0.3 is 5.97 Å². The molecule has 0 radical (unpaired) electrons. The van der Waals surface area contributed by atoms with E-state index in [0.717, 1.165) is 28.4 Å². The topological polar surface area (TPSA) is 82.9 Å². The lowest BCUT2D eigenvalue weighted by atomic mass is 10.0. The van der Waals surface area contributed by atoms with Gasteiger partial charge in [0.2, 0.25) is 0 Å². The van der Waals surface area contributed by atoms with E-state index in [1.807, 2.05) is 31.2 Å². The number of rotatable bonds is 7. The Bertz CT molecular complexity index is 1140. The molecule has 0 spiro atoms. The molecule has 0 N–H and O–H groups in total. The molecule has 4 rings (SSSR count). The van der Waals surface area contributed by atoms with E-state index in [-0.39, 0.29) is 24.8 Å². The first-order valence-electron chi connectivity index (χ1n) is 11.0. The van der Waals surface area contributed by atoms with Crippen LogP contribution in [0.2, 0.25) is 0 Å². The molecule has 172 valence electrons. The number of aromatic nitrogens is 2. The van der Waals surface area contributed by atoms with Crippen molar-refractivity contribution in [2.45, 2.75) is 26.8 Å². The lowest BCUT2D eigenvalue weighted by Crippen LogP contribution is -2.36. The summed E-state index contributed by atoms with van der Waals surface area (Å²) in [5.74, 6) is 0.866.